The summed E-state index contributed by atoms with van der Waals surface area (Å²) in [7, 11) is 0. The van der Waals surface area contributed by atoms with Gasteiger partial charge >= 0.3 is 0 Å². The highest BCUT2D eigenvalue weighted by Crippen LogP contribution is 2.19. The van der Waals surface area contributed by atoms with E-state index in [4.69, 9.17) is 5.73 Å². The van der Waals surface area contributed by atoms with Gasteiger partial charge in [-0.3, -0.25) is 9.59 Å². The lowest BCUT2D eigenvalue weighted by atomic mass is 10.3. The van der Waals surface area contributed by atoms with Gasteiger partial charge in [-0.05, 0) is 35.8 Å². The maximum absolute atomic E-state index is 11.7. The van der Waals surface area contributed by atoms with Gasteiger partial charge < -0.3 is 15.6 Å². The first-order chi connectivity index (χ1) is 7.41. The number of primary amides is 1. The third kappa shape index (κ3) is 3.10. The highest BCUT2D eigenvalue weighted by molar-refractivity contribution is 9.10. The summed E-state index contributed by atoms with van der Waals surface area (Å²) in [5.41, 5.74) is 5.46. The zero-order valence-corrected chi connectivity index (χ0v) is 10.7. The molecular formula is C10H14BrN3O2. The minimum atomic E-state index is -0.560. The standard InChI is InChI=1S/C10H14BrN3O2/c1-6(2)14-5-7(11)3-8(14)10(16)13-4-9(12)15/h3,5-6H,4H2,1-2H3,(H2,12,15)(H,13,16). The van der Waals surface area contributed by atoms with Crippen LogP contribution in [0.1, 0.15) is 30.4 Å². The van der Waals surface area contributed by atoms with E-state index in [2.05, 4.69) is 21.2 Å². The second-order valence-electron chi connectivity index (χ2n) is 3.69. The second-order valence-corrected chi connectivity index (χ2v) is 4.61. The van der Waals surface area contributed by atoms with Gasteiger partial charge in [0.2, 0.25) is 5.91 Å². The molecule has 0 radical (unpaired) electrons. The Morgan fingerprint density at radius 1 is 1.56 bits per heavy atom. The van der Waals surface area contributed by atoms with Crippen LogP contribution < -0.4 is 11.1 Å². The number of nitrogens with one attached hydrogen (secondary N) is 1. The largest absolute Gasteiger partial charge is 0.368 e. The quantitative estimate of drug-likeness (QED) is 0.868. The molecular weight excluding hydrogens is 274 g/mol. The van der Waals surface area contributed by atoms with Crippen LogP contribution in [0.15, 0.2) is 16.7 Å². The molecule has 1 aromatic rings. The Bertz CT molecular complexity index is 412. The first-order valence-electron chi connectivity index (χ1n) is 4.85. The molecule has 6 heteroatoms. The van der Waals surface area contributed by atoms with E-state index in [1.54, 1.807) is 6.07 Å². The third-order valence-electron chi connectivity index (χ3n) is 2.03. The first-order valence-corrected chi connectivity index (χ1v) is 5.65. The number of hydrogen-bond acceptors (Lipinski definition) is 2. The Morgan fingerprint density at radius 3 is 2.69 bits per heavy atom. The second kappa shape index (κ2) is 5.16. The van der Waals surface area contributed by atoms with Crippen molar-refractivity contribution in [2.24, 2.45) is 5.73 Å². The van der Waals surface area contributed by atoms with Crippen LogP contribution in [0.2, 0.25) is 0 Å². The van der Waals surface area contributed by atoms with Crippen molar-refractivity contribution in [2.75, 3.05) is 6.54 Å². The number of rotatable bonds is 4. The summed E-state index contributed by atoms with van der Waals surface area (Å²) in [6, 6.07) is 1.87. The zero-order chi connectivity index (χ0) is 12.3. The number of carbonyl (C=O) groups excluding carboxylic acids is 2. The topological polar surface area (TPSA) is 77.1 Å². The number of nitrogens with zero attached hydrogens (tertiary/aromatic N) is 1. The third-order valence-corrected chi connectivity index (χ3v) is 2.46. The lowest BCUT2D eigenvalue weighted by Gasteiger charge is -2.12. The summed E-state index contributed by atoms with van der Waals surface area (Å²) in [5.74, 6) is -0.867. The van der Waals surface area contributed by atoms with Gasteiger partial charge in [0.1, 0.15) is 5.69 Å². The molecule has 0 aliphatic heterocycles. The molecule has 0 saturated heterocycles. The first kappa shape index (κ1) is 12.8. The molecule has 2 amide bonds. The number of nitrogens with two attached hydrogens (primary N) is 1. The Morgan fingerprint density at radius 2 is 2.19 bits per heavy atom. The van der Waals surface area contributed by atoms with Crippen molar-refractivity contribution < 1.29 is 9.59 Å². The molecule has 0 aliphatic carbocycles. The van der Waals surface area contributed by atoms with Gasteiger partial charge in [-0.2, -0.15) is 0 Å². The van der Waals surface area contributed by atoms with Crippen molar-refractivity contribution in [1.82, 2.24) is 9.88 Å². The van der Waals surface area contributed by atoms with Crippen molar-refractivity contribution in [3.05, 3.63) is 22.4 Å². The Hall–Kier alpha value is -1.30. The predicted octanol–water partition coefficient (Wildman–Crippen LogP) is 1.05. The zero-order valence-electron chi connectivity index (χ0n) is 9.16. The molecule has 16 heavy (non-hydrogen) atoms. The lowest BCUT2D eigenvalue weighted by molar-refractivity contribution is -0.117. The van der Waals surface area contributed by atoms with Crippen molar-refractivity contribution in [2.45, 2.75) is 19.9 Å². The van der Waals surface area contributed by atoms with E-state index in [1.807, 2.05) is 24.6 Å². The van der Waals surface area contributed by atoms with Crippen LogP contribution in [-0.2, 0) is 4.79 Å². The molecule has 1 heterocycles. The fraction of sp³-hybridized carbons (Fsp3) is 0.400. The van der Waals surface area contributed by atoms with Crippen LogP contribution in [0, 0.1) is 0 Å². The molecule has 5 nitrogen and oxygen atoms in total. The van der Waals surface area contributed by atoms with Crippen molar-refractivity contribution in [1.29, 1.82) is 0 Å². The van der Waals surface area contributed by atoms with E-state index in [0.717, 1.165) is 4.47 Å². The molecule has 0 atom stereocenters. The molecule has 0 unspecified atom stereocenters. The molecule has 0 aliphatic rings. The van der Waals surface area contributed by atoms with E-state index in [9.17, 15) is 9.59 Å². The van der Waals surface area contributed by atoms with Gasteiger partial charge in [0.15, 0.2) is 0 Å². The van der Waals surface area contributed by atoms with Crippen LogP contribution in [0.5, 0.6) is 0 Å². The van der Waals surface area contributed by atoms with E-state index < -0.39 is 5.91 Å². The monoisotopic (exact) mass is 287 g/mol. The predicted molar refractivity (Wildman–Crippen MR) is 64.0 cm³/mol. The molecule has 1 aromatic heterocycles. The van der Waals surface area contributed by atoms with E-state index in [-0.39, 0.29) is 18.5 Å². The van der Waals surface area contributed by atoms with Gasteiger partial charge in [-0.15, -0.1) is 0 Å². The minimum absolute atomic E-state index is 0.153. The van der Waals surface area contributed by atoms with Crippen molar-refractivity contribution in [3.8, 4) is 0 Å². The maximum atomic E-state index is 11.7. The van der Waals surface area contributed by atoms with Crippen LogP contribution in [0.4, 0.5) is 0 Å². The molecule has 0 bridgehead atoms. The van der Waals surface area contributed by atoms with Gasteiger partial charge in [0.05, 0.1) is 6.54 Å². The van der Waals surface area contributed by atoms with Gasteiger partial charge in [-0.1, -0.05) is 0 Å². The average Bonchev–Trinajstić information content (AvgIpc) is 2.56. The molecule has 0 fully saturated rings. The fourth-order valence-corrected chi connectivity index (χ4v) is 1.75. The number of amides is 2. The molecule has 0 aromatic carbocycles. The summed E-state index contributed by atoms with van der Waals surface area (Å²) in [5, 5.41) is 2.45. The van der Waals surface area contributed by atoms with Crippen LogP contribution in [0.3, 0.4) is 0 Å². The van der Waals surface area contributed by atoms with E-state index in [0.29, 0.717) is 5.69 Å². The van der Waals surface area contributed by atoms with Gasteiger partial charge in [0.25, 0.3) is 5.91 Å². The lowest BCUT2D eigenvalue weighted by Crippen LogP contribution is -2.34. The molecule has 1 rings (SSSR count). The summed E-state index contributed by atoms with van der Waals surface area (Å²) in [4.78, 5) is 22.3. The van der Waals surface area contributed by atoms with Crippen LogP contribution in [0.25, 0.3) is 0 Å². The van der Waals surface area contributed by atoms with Crippen molar-refractivity contribution in [3.63, 3.8) is 0 Å². The summed E-state index contributed by atoms with van der Waals surface area (Å²) < 4.78 is 2.64. The van der Waals surface area contributed by atoms with Crippen LogP contribution in [-0.4, -0.2) is 22.9 Å². The van der Waals surface area contributed by atoms with Crippen molar-refractivity contribution >= 4 is 27.7 Å². The number of halogens is 1. The molecule has 88 valence electrons. The summed E-state index contributed by atoms with van der Waals surface area (Å²) in [6.45, 7) is 3.79. The van der Waals surface area contributed by atoms with Crippen LogP contribution >= 0.6 is 15.9 Å². The number of carbonyl (C=O) groups is 2. The smallest absolute Gasteiger partial charge is 0.268 e. The summed E-state index contributed by atoms with van der Waals surface area (Å²) >= 11 is 3.31. The van der Waals surface area contributed by atoms with E-state index >= 15 is 0 Å². The molecule has 0 spiro atoms. The van der Waals surface area contributed by atoms with Gasteiger partial charge in [-0.25, -0.2) is 0 Å². The maximum Gasteiger partial charge on any atom is 0.268 e. The normalized spacial score (nSPS) is 10.5. The Labute approximate surface area is 102 Å². The van der Waals surface area contributed by atoms with E-state index in [1.165, 1.54) is 0 Å². The Kier molecular flexibility index (Phi) is 4.12. The molecule has 3 N–H and O–H groups in total. The molecule has 0 saturated carbocycles. The highest BCUT2D eigenvalue weighted by atomic mass is 79.9. The number of aromatic nitrogens is 1. The average molecular weight is 288 g/mol. The highest BCUT2D eigenvalue weighted by Gasteiger charge is 2.14. The SMILES string of the molecule is CC(C)n1cc(Br)cc1C(=O)NCC(N)=O. The fourth-order valence-electron chi connectivity index (χ4n) is 1.31. The van der Waals surface area contributed by atoms with Gasteiger partial charge in [0, 0.05) is 16.7 Å². The number of hydrogen-bond donors (Lipinski definition) is 2. The summed E-state index contributed by atoms with van der Waals surface area (Å²) in [6.07, 6.45) is 1.82. The minimum Gasteiger partial charge on any atom is -0.368 e. The Balaban J connectivity index is 2.86.